The Kier molecular flexibility index (Phi) is 2.36. The monoisotopic (exact) mass is 194 g/mol. The maximum atomic E-state index is 10.1. The van der Waals surface area contributed by atoms with Gasteiger partial charge in [0.15, 0.2) is 0 Å². The van der Waals surface area contributed by atoms with Crippen LogP contribution in [0.5, 0.6) is 0 Å². The van der Waals surface area contributed by atoms with Crippen molar-refractivity contribution in [2.45, 2.75) is 0 Å². The largest absolute Gasteiger partial charge is 0.311 e. The normalized spacial score (nSPS) is 27.2. The topological polar surface area (TPSA) is 86.7 Å². The number of rotatable bonds is 0. The van der Waals surface area contributed by atoms with Gasteiger partial charge in [-0.3, -0.25) is 4.70 Å². The van der Waals surface area contributed by atoms with E-state index in [2.05, 4.69) is 8.67 Å². The Morgan fingerprint density at radius 2 is 1.20 bits per heavy atom. The Balaban J connectivity index is 0.000000810. The van der Waals surface area contributed by atoms with Gasteiger partial charge in [0.2, 0.25) is 5.08 Å². The summed E-state index contributed by atoms with van der Waals surface area (Å²) in [5, 5.41) is -1.10. The van der Waals surface area contributed by atoms with Gasteiger partial charge in [-0.05, 0) is 0 Å². The maximum Gasteiger partial charge on any atom is 0.311 e. The Labute approximate surface area is 56.3 Å². The second kappa shape index (κ2) is 2.42. The van der Waals surface area contributed by atoms with E-state index in [1.165, 1.54) is 0 Å². The third-order valence-electron chi connectivity index (χ3n) is 0.524. The van der Waals surface area contributed by atoms with Gasteiger partial charge >= 0.3 is 20.2 Å². The van der Waals surface area contributed by atoms with E-state index in [4.69, 9.17) is 0 Å². The molecule has 0 atom stereocenters. The van der Waals surface area contributed by atoms with Crippen molar-refractivity contribution in [2.75, 3.05) is 5.08 Å². The molecule has 0 aromatic heterocycles. The summed E-state index contributed by atoms with van der Waals surface area (Å²) in [5.41, 5.74) is 0. The molecule has 1 aliphatic heterocycles. The highest BCUT2D eigenvalue weighted by Gasteiger charge is 2.35. The van der Waals surface area contributed by atoms with Gasteiger partial charge in [0.05, 0.1) is 0 Å². The van der Waals surface area contributed by atoms with Gasteiger partial charge in [0, 0.05) is 0 Å². The smallest absolute Gasteiger partial charge is 0.269 e. The van der Waals surface area contributed by atoms with E-state index in [9.17, 15) is 16.8 Å². The molecule has 0 unspecified atom stereocenters. The van der Waals surface area contributed by atoms with Crippen molar-refractivity contribution < 1.29 is 30.2 Å². The predicted molar refractivity (Wildman–Crippen MR) is 27.4 cm³/mol. The van der Waals surface area contributed by atoms with Gasteiger partial charge in [-0.2, -0.15) is 16.8 Å². The average molecular weight is 194 g/mol. The van der Waals surface area contributed by atoms with E-state index in [0.717, 1.165) is 0 Å². The molecule has 62 valence electrons. The van der Waals surface area contributed by atoms with Crippen LogP contribution in [0.1, 0.15) is 0 Å². The molecule has 0 aliphatic carbocycles. The minimum atomic E-state index is -3.96. The Bertz CT molecular complexity index is 265. The van der Waals surface area contributed by atoms with Crippen LogP contribution < -0.4 is 0 Å². The first-order chi connectivity index (χ1) is 3.91. The fourth-order valence-electron chi connectivity index (χ4n) is 0.301. The Hall–Kier alpha value is -0.250. The summed E-state index contributed by atoms with van der Waals surface area (Å²) in [6, 6.07) is 0. The first kappa shape index (κ1) is 9.75. The molecule has 1 fully saturated rings. The van der Waals surface area contributed by atoms with Crippen LogP contribution in [0.2, 0.25) is 0 Å². The van der Waals surface area contributed by atoms with Crippen LogP contribution in [-0.4, -0.2) is 21.9 Å². The number of hydrogen-bond donors (Lipinski definition) is 0. The summed E-state index contributed by atoms with van der Waals surface area (Å²) >= 11 is 0. The van der Waals surface area contributed by atoms with Gasteiger partial charge in [0.25, 0.3) is 0 Å². The molecule has 0 N–H and O–H groups in total. The van der Waals surface area contributed by atoms with Gasteiger partial charge in [-0.15, -0.1) is 0 Å². The van der Waals surface area contributed by atoms with Crippen LogP contribution in [0.3, 0.4) is 0 Å². The van der Waals surface area contributed by atoms with Crippen LogP contribution in [0.15, 0.2) is 0 Å². The molecule has 1 aliphatic rings. The fraction of sp³-hybridized carbons (Fsp3) is 1.00. The molecule has 9 heteroatoms. The van der Waals surface area contributed by atoms with Crippen LogP contribution in [0.4, 0.5) is 4.70 Å². The molecule has 0 bridgehead atoms. The predicted octanol–water partition coefficient (Wildman–Crippen LogP) is -1.28. The quantitative estimate of drug-likeness (QED) is 0.446. The number of hydrogen-bond acceptors (Lipinski definition) is 6. The zero-order chi connectivity index (χ0) is 7.12. The first-order valence-electron chi connectivity index (χ1n) is 1.74. The van der Waals surface area contributed by atoms with Crippen LogP contribution in [-0.2, 0) is 28.9 Å². The second-order valence-electron chi connectivity index (χ2n) is 1.37. The van der Waals surface area contributed by atoms with Gasteiger partial charge in [-0.25, -0.2) is 0 Å². The second-order valence-corrected chi connectivity index (χ2v) is 4.81. The highest BCUT2D eigenvalue weighted by Crippen LogP contribution is 2.12. The summed E-state index contributed by atoms with van der Waals surface area (Å²) in [6.45, 7) is 0. The van der Waals surface area contributed by atoms with E-state index in [1.807, 2.05) is 0 Å². The van der Waals surface area contributed by atoms with Crippen molar-refractivity contribution in [2.24, 2.45) is 0 Å². The Morgan fingerprint density at radius 1 is 0.900 bits per heavy atom. The van der Waals surface area contributed by atoms with Crippen LogP contribution >= 0.6 is 0 Å². The summed E-state index contributed by atoms with van der Waals surface area (Å²) < 4.78 is 47.4. The zero-order valence-electron chi connectivity index (χ0n) is 4.38. The lowest BCUT2D eigenvalue weighted by Gasteiger charge is -1.78. The third-order valence-corrected chi connectivity index (χ3v) is 3.47. The molecule has 1 saturated heterocycles. The van der Waals surface area contributed by atoms with Crippen molar-refractivity contribution in [1.82, 2.24) is 0 Å². The van der Waals surface area contributed by atoms with E-state index < -0.39 is 25.3 Å². The van der Waals surface area contributed by atoms with E-state index in [1.54, 1.807) is 0 Å². The highest BCUT2D eigenvalue weighted by molar-refractivity contribution is 8.05. The lowest BCUT2D eigenvalue weighted by molar-refractivity contribution is -0.0743. The van der Waals surface area contributed by atoms with E-state index >= 15 is 0 Å². The molecule has 6 nitrogen and oxygen atoms in total. The maximum absolute atomic E-state index is 10.1. The van der Waals surface area contributed by atoms with Crippen LogP contribution in [0.25, 0.3) is 0 Å². The number of halogens is 1. The fourth-order valence-corrected chi connectivity index (χ4v) is 2.71. The Morgan fingerprint density at radius 3 is 1.30 bits per heavy atom. The lowest BCUT2D eigenvalue weighted by atomic mass is 11.9. The lowest BCUT2D eigenvalue weighted by Crippen LogP contribution is -2.03. The van der Waals surface area contributed by atoms with Crippen molar-refractivity contribution in [1.29, 1.82) is 0 Å². The van der Waals surface area contributed by atoms with Crippen molar-refractivity contribution in [3.05, 3.63) is 0 Å². The summed E-state index contributed by atoms with van der Waals surface area (Å²) in [6.07, 6.45) is 0. The van der Waals surface area contributed by atoms with Crippen molar-refractivity contribution in [3.8, 4) is 0 Å². The SMILES string of the molecule is F.O=S1(=O)CS(=O)(=O)OO1. The highest BCUT2D eigenvalue weighted by atomic mass is 32.3. The first-order valence-corrected chi connectivity index (χ1v) is 4.90. The molecule has 0 spiro atoms. The molecule has 0 amide bonds. The standard InChI is InChI=1S/CH2O6S2.FH/c2-8(3)1-9(4,5)7-6-8;/h1H2;1H. The molecule has 0 aromatic carbocycles. The van der Waals surface area contributed by atoms with Gasteiger partial charge in [-0.1, -0.05) is 8.67 Å². The van der Waals surface area contributed by atoms with Crippen molar-refractivity contribution >= 4 is 20.2 Å². The average Bonchev–Trinajstić information content (AvgIpc) is 1.78. The van der Waals surface area contributed by atoms with E-state index in [-0.39, 0.29) is 4.70 Å². The minimum absolute atomic E-state index is 0. The minimum Gasteiger partial charge on any atom is -0.269 e. The summed E-state index contributed by atoms with van der Waals surface area (Å²) in [7, 11) is -7.93. The van der Waals surface area contributed by atoms with Crippen molar-refractivity contribution in [3.63, 3.8) is 0 Å². The molecular formula is CH3FO6S2. The third kappa shape index (κ3) is 2.17. The summed E-state index contributed by atoms with van der Waals surface area (Å²) in [4.78, 5) is 0. The molecule has 0 saturated carbocycles. The zero-order valence-corrected chi connectivity index (χ0v) is 6.01. The summed E-state index contributed by atoms with van der Waals surface area (Å²) in [5.74, 6) is 0. The molecule has 10 heavy (non-hydrogen) atoms. The molecule has 0 radical (unpaired) electrons. The molecule has 1 rings (SSSR count). The van der Waals surface area contributed by atoms with Crippen LogP contribution in [0, 0.1) is 0 Å². The molecule has 1 heterocycles. The van der Waals surface area contributed by atoms with Gasteiger partial charge in [0.1, 0.15) is 0 Å². The molecular weight excluding hydrogens is 191 g/mol. The van der Waals surface area contributed by atoms with E-state index in [0.29, 0.717) is 0 Å². The molecule has 0 aromatic rings. The van der Waals surface area contributed by atoms with Gasteiger partial charge < -0.3 is 0 Å².